The Hall–Kier alpha value is -1.55. The van der Waals surface area contributed by atoms with Crippen molar-refractivity contribution >= 4 is 6.09 Å². The molecule has 2 N–H and O–H groups in total. The van der Waals surface area contributed by atoms with Crippen molar-refractivity contribution in [3.63, 3.8) is 0 Å². The van der Waals surface area contributed by atoms with Gasteiger partial charge >= 0.3 is 6.09 Å². The Kier molecular flexibility index (Phi) is 4.52. The molecule has 1 rings (SSSR count). The zero-order valence-corrected chi connectivity index (χ0v) is 10.4. The molecular weight excluding hydrogens is 218 g/mol. The first-order chi connectivity index (χ1) is 7.87. The Morgan fingerprint density at radius 1 is 1.35 bits per heavy atom. The first-order valence-electron chi connectivity index (χ1n) is 5.58. The summed E-state index contributed by atoms with van der Waals surface area (Å²) in [5.74, 6) is 0. The molecule has 0 bridgehead atoms. The molecule has 1 unspecified atom stereocenters. The Balaban J connectivity index is 2.40. The molecule has 0 radical (unpaired) electrons. The molecule has 1 aromatic rings. The van der Waals surface area contributed by atoms with Gasteiger partial charge in [-0.2, -0.15) is 0 Å². The van der Waals surface area contributed by atoms with E-state index in [1.165, 1.54) is 0 Å². The van der Waals surface area contributed by atoms with Gasteiger partial charge in [0.15, 0.2) is 0 Å². The molecule has 0 aliphatic carbocycles. The highest BCUT2D eigenvalue weighted by molar-refractivity contribution is 5.67. The maximum Gasteiger partial charge on any atom is 0.409 e. The molecule has 0 saturated heterocycles. The van der Waals surface area contributed by atoms with Crippen molar-refractivity contribution in [1.82, 2.24) is 5.32 Å². The molecule has 1 aromatic carbocycles. The van der Waals surface area contributed by atoms with Crippen LogP contribution in [0.3, 0.4) is 0 Å². The first-order valence-corrected chi connectivity index (χ1v) is 5.58. The van der Waals surface area contributed by atoms with Crippen LogP contribution in [0.25, 0.3) is 0 Å². The van der Waals surface area contributed by atoms with Gasteiger partial charge in [0.2, 0.25) is 0 Å². The molecule has 0 aliphatic heterocycles. The van der Waals surface area contributed by atoms with Crippen LogP contribution < -0.4 is 5.32 Å². The molecule has 1 atom stereocenters. The summed E-state index contributed by atoms with van der Waals surface area (Å²) in [7, 11) is 0. The topological polar surface area (TPSA) is 58.6 Å². The van der Waals surface area contributed by atoms with Gasteiger partial charge in [0.05, 0.1) is 0 Å². The fraction of sp³-hybridized carbons (Fsp3) is 0.462. The van der Waals surface area contributed by atoms with Crippen LogP contribution in [0.1, 0.15) is 26.3 Å². The van der Waals surface area contributed by atoms with E-state index in [2.05, 4.69) is 5.32 Å². The van der Waals surface area contributed by atoms with Gasteiger partial charge in [0, 0.05) is 6.42 Å². The lowest BCUT2D eigenvalue weighted by Gasteiger charge is -2.21. The van der Waals surface area contributed by atoms with E-state index in [1.54, 1.807) is 20.8 Å². The van der Waals surface area contributed by atoms with Crippen molar-refractivity contribution in [3.8, 4) is 0 Å². The minimum Gasteiger partial charge on any atom is -0.444 e. The number of aliphatic hydroxyl groups excluding tert-OH is 1. The van der Waals surface area contributed by atoms with Crippen LogP contribution in [-0.2, 0) is 11.2 Å². The number of hydrogen-bond donors (Lipinski definition) is 2. The summed E-state index contributed by atoms with van der Waals surface area (Å²) < 4.78 is 5.04. The van der Waals surface area contributed by atoms with Crippen molar-refractivity contribution in [1.29, 1.82) is 0 Å². The minimum atomic E-state index is -0.938. The predicted octanol–water partition coefficient (Wildman–Crippen LogP) is 2.07. The predicted molar refractivity (Wildman–Crippen MR) is 65.5 cm³/mol. The van der Waals surface area contributed by atoms with Gasteiger partial charge in [-0.15, -0.1) is 0 Å². The summed E-state index contributed by atoms with van der Waals surface area (Å²) in [6.45, 7) is 5.32. The second-order valence-corrected chi connectivity index (χ2v) is 4.85. The minimum absolute atomic E-state index is 0.361. The smallest absolute Gasteiger partial charge is 0.409 e. The number of aliphatic hydroxyl groups is 1. The number of hydrogen-bond acceptors (Lipinski definition) is 3. The number of rotatable bonds is 3. The summed E-state index contributed by atoms with van der Waals surface area (Å²) in [4.78, 5) is 11.4. The van der Waals surface area contributed by atoms with Crippen LogP contribution in [0.5, 0.6) is 0 Å². The number of carbonyl (C=O) groups excluding carboxylic acids is 1. The average molecular weight is 237 g/mol. The van der Waals surface area contributed by atoms with Crippen LogP contribution in [0.2, 0.25) is 0 Å². The van der Waals surface area contributed by atoms with Crippen molar-refractivity contribution in [3.05, 3.63) is 35.9 Å². The third kappa shape index (κ3) is 5.92. The highest BCUT2D eigenvalue weighted by atomic mass is 16.6. The van der Waals surface area contributed by atoms with E-state index in [1.807, 2.05) is 30.3 Å². The number of ether oxygens (including phenoxy) is 1. The van der Waals surface area contributed by atoms with E-state index in [0.717, 1.165) is 5.56 Å². The largest absolute Gasteiger partial charge is 0.444 e. The summed E-state index contributed by atoms with van der Waals surface area (Å²) in [6.07, 6.45) is -1.19. The fourth-order valence-corrected chi connectivity index (χ4v) is 1.33. The van der Waals surface area contributed by atoms with Crippen LogP contribution in [0.4, 0.5) is 4.79 Å². The van der Waals surface area contributed by atoms with Gasteiger partial charge < -0.3 is 9.84 Å². The fourth-order valence-electron chi connectivity index (χ4n) is 1.33. The lowest BCUT2D eigenvalue weighted by molar-refractivity contribution is 0.0360. The number of amides is 1. The molecule has 94 valence electrons. The Morgan fingerprint density at radius 3 is 2.47 bits per heavy atom. The molecule has 0 aliphatic rings. The highest BCUT2D eigenvalue weighted by Gasteiger charge is 2.18. The van der Waals surface area contributed by atoms with Gasteiger partial charge in [-0.1, -0.05) is 30.3 Å². The van der Waals surface area contributed by atoms with Gasteiger partial charge in [-0.3, -0.25) is 5.32 Å². The summed E-state index contributed by atoms with van der Waals surface area (Å²) in [5.41, 5.74) is 0.396. The second-order valence-electron chi connectivity index (χ2n) is 4.85. The van der Waals surface area contributed by atoms with Crippen molar-refractivity contribution < 1.29 is 14.6 Å². The molecule has 0 fully saturated rings. The number of benzene rings is 1. The van der Waals surface area contributed by atoms with Gasteiger partial charge in [0.25, 0.3) is 0 Å². The Labute approximate surface area is 102 Å². The van der Waals surface area contributed by atoms with E-state index in [0.29, 0.717) is 6.42 Å². The molecule has 17 heavy (non-hydrogen) atoms. The van der Waals surface area contributed by atoms with Crippen molar-refractivity contribution in [2.24, 2.45) is 0 Å². The molecule has 0 spiro atoms. The van der Waals surface area contributed by atoms with E-state index in [4.69, 9.17) is 4.74 Å². The van der Waals surface area contributed by atoms with E-state index in [9.17, 15) is 9.90 Å². The van der Waals surface area contributed by atoms with E-state index < -0.39 is 17.9 Å². The van der Waals surface area contributed by atoms with Crippen LogP contribution in [0, 0.1) is 0 Å². The standard InChI is InChI=1S/C13H19NO3/c1-13(2,3)17-12(16)14-11(15)9-10-7-5-4-6-8-10/h4-8,11,15H,9H2,1-3H3,(H,14,16). The number of nitrogens with one attached hydrogen (secondary N) is 1. The molecule has 0 saturated carbocycles. The quantitative estimate of drug-likeness (QED) is 0.791. The van der Waals surface area contributed by atoms with Crippen molar-refractivity contribution in [2.45, 2.75) is 39.0 Å². The number of alkyl carbamates (subject to hydrolysis) is 1. The zero-order chi connectivity index (χ0) is 12.9. The van der Waals surface area contributed by atoms with Crippen LogP contribution in [-0.4, -0.2) is 23.0 Å². The number of carbonyl (C=O) groups is 1. The molecule has 0 heterocycles. The molecule has 4 nitrogen and oxygen atoms in total. The van der Waals surface area contributed by atoms with Gasteiger partial charge in [-0.25, -0.2) is 4.79 Å². The average Bonchev–Trinajstić information content (AvgIpc) is 2.15. The second kappa shape index (κ2) is 5.68. The van der Waals surface area contributed by atoms with Crippen molar-refractivity contribution in [2.75, 3.05) is 0 Å². The lowest BCUT2D eigenvalue weighted by Crippen LogP contribution is -2.40. The van der Waals surface area contributed by atoms with E-state index in [-0.39, 0.29) is 0 Å². The SMILES string of the molecule is CC(C)(C)OC(=O)NC(O)Cc1ccccc1. The molecular formula is C13H19NO3. The van der Waals surface area contributed by atoms with Crippen LogP contribution >= 0.6 is 0 Å². The highest BCUT2D eigenvalue weighted by Crippen LogP contribution is 2.07. The zero-order valence-electron chi connectivity index (χ0n) is 10.4. The summed E-state index contributed by atoms with van der Waals surface area (Å²) in [5, 5.41) is 12.0. The van der Waals surface area contributed by atoms with Gasteiger partial charge in [0.1, 0.15) is 11.8 Å². The maximum atomic E-state index is 11.4. The third-order valence-corrected chi connectivity index (χ3v) is 1.96. The Bertz CT molecular complexity index is 357. The molecule has 1 amide bonds. The van der Waals surface area contributed by atoms with E-state index >= 15 is 0 Å². The maximum absolute atomic E-state index is 11.4. The monoisotopic (exact) mass is 237 g/mol. The first kappa shape index (κ1) is 13.5. The molecule has 4 heteroatoms. The lowest BCUT2D eigenvalue weighted by atomic mass is 10.1. The Morgan fingerprint density at radius 2 is 1.94 bits per heavy atom. The normalized spacial score (nSPS) is 12.9. The van der Waals surface area contributed by atoms with Gasteiger partial charge in [-0.05, 0) is 26.3 Å². The van der Waals surface area contributed by atoms with Crippen LogP contribution in [0.15, 0.2) is 30.3 Å². The summed E-state index contributed by atoms with van der Waals surface area (Å²) in [6, 6.07) is 9.45. The molecule has 0 aromatic heterocycles. The summed E-state index contributed by atoms with van der Waals surface area (Å²) >= 11 is 0. The third-order valence-electron chi connectivity index (χ3n) is 1.96.